The van der Waals surface area contributed by atoms with Crippen LogP contribution in [0.4, 0.5) is 15.8 Å². The minimum absolute atomic E-state index is 0.0719. The molecule has 3 aliphatic heterocycles. The van der Waals surface area contributed by atoms with E-state index in [0.717, 1.165) is 60.6 Å². The van der Waals surface area contributed by atoms with Crippen molar-refractivity contribution in [1.82, 2.24) is 29.7 Å². The highest BCUT2D eigenvalue weighted by molar-refractivity contribution is 7.99. The SMILES string of the molecule is C[C@@H]1CN(CC(=O)N2CC(C)(C)c3c2cc(Sc2ccc(F)cc2N)c2ncnn32)[C@@H](CN2CCOC[C@H]2C)CN1. The number of amides is 1. The quantitative estimate of drug-likeness (QED) is 0.425. The summed E-state index contributed by atoms with van der Waals surface area (Å²) in [4.78, 5) is 26.9. The zero-order valence-electron chi connectivity index (χ0n) is 24.1. The smallest absolute Gasteiger partial charge is 0.241 e. The summed E-state index contributed by atoms with van der Waals surface area (Å²) in [5.41, 5.74) is 8.65. The second-order valence-electron chi connectivity index (χ2n) is 12.2. The number of hydrogen-bond donors (Lipinski definition) is 2. The number of piperazine rings is 1. The molecule has 10 nitrogen and oxygen atoms in total. The standard InChI is InChI=1S/C29H39FN8O2S/c1-18-12-36(21(11-32-18)13-35-7-8-40-15-19(35)2)14-26(39)37-16-29(3,4)27-23(37)10-25(28-33-17-34-38(27)28)41-24-6-5-20(30)9-22(24)31/h5-6,9-10,17-19,21,32H,7-8,11-16,31H2,1-4H3/t18-,19-,21-/m1/s1. The lowest BCUT2D eigenvalue weighted by atomic mass is 9.91. The molecule has 0 radical (unpaired) electrons. The number of rotatable bonds is 6. The van der Waals surface area contributed by atoms with Gasteiger partial charge < -0.3 is 20.7 Å². The van der Waals surface area contributed by atoms with Gasteiger partial charge >= 0.3 is 0 Å². The Morgan fingerprint density at radius 3 is 2.85 bits per heavy atom. The van der Waals surface area contributed by atoms with Crippen LogP contribution in [0.25, 0.3) is 5.65 Å². The normalized spacial score (nSPS) is 25.1. The van der Waals surface area contributed by atoms with E-state index in [0.29, 0.717) is 36.5 Å². The molecule has 0 unspecified atom stereocenters. The molecule has 1 amide bonds. The van der Waals surface area contributed by atoms with Crippen molar-refractivity contribution >= 4 is 34.7 Å². The van der Waals surface area contributed by atoms with Gasteiger partial charge in [0.1, 0.15) is 12.1 Å². The Hall–Kier alpha value is -2.77. The van der Waals surface area contributed by atoms with Crippen LogP contribution >= 0.6 is 11.8 Å². The Bertz CT molecular complexity index is 1450. The van der Waals surface area contributed by atoms with Crippen LogP contribution in [0, 0.1) is 5.82 Å². The van der Waals surface area contributed by atoms with Gasteiger partial charge in [0.2, 0.25) is 5.91 Å². The Balaban J connectivity index is 1.29. The first kappa shape index (κ1) is 28.4. The largest absolute Gasteiger partial charge is 0.398 e. The summed E-state index contributed by atoms with van der Waals surface area (Å²) in [5.74, 6) is -0.307. The van der Waals surface area contributed by atoms with Crippen LogP contribution in [-0.4, -0.2) is 101 Å². The summed E-state index contributed by atoms with van der Waals surface area (Å²) in [6, 6.07) is 7.31. The van der Waals surface area contributed by atoms with Crippen LogP contribution in [0.2, 0.25) is 0 Å². The molecule has 5 heterocycles. The van der Waals surface area contributed by atoms with Crippen LogP contribution in [0.3, 0.4) is 0 Å². The molecule has 2 fully saturated rings. The molecule has 1 aromatic carbocycles. The molecule has 6 rings (SSSR count). The average Bonchev–Trinajstić information content (AvgIpc) is 3.51. The summed E-state index contributed by atoms with van der Waals surface area (Å²) < 4.78 is 21.2. The van der Waals surface area contributed by atoms with E-state index in [4.69, 9.17) is 10.5 Å². The van der Waals surface area contributed by atoms with Crippen LogP contribution in [0.5, 0.6) is 0 Å². The molecule has 41 heavy (non-hydrogen) atoms. The van der Waals surface area contributed by atoms with Gasteiger partial charge in [0, 0.05) is 66.8 Å². The topological polar surface area (TPSA) is 104 Å². The van der Waals surface area contributed by atoms with Crippen molar-refractivity contribution in [3.05, 3.63) is 42.1 Å². The Kier molecular flexibility index (Phi) is 7.70. The highest BCUT2D eigenvalue weighted by Gasteiger charge is 2.42. The number of pyridine rings is 1. The van der Waals surface area contributed by atoms with Crippen LogP contribution in [-0.2, 0) is 14.9 Å². The maximum absolute atomic E-state index is 14.1. The van der Waals surface area contributed by atoms with Crippen LogP contribution in [0.1, 0.15) is 33.4 Å². The van der Waals surface area contributed by atoms with Crippen molar-refractivity contribution in [2.45, 2.75) is 61.0 Å². The molecule has 12 heteroatoms. The molecule has 3 atom stereocenters. The number of aromatic nitrogens is 3. The Labute approximate surface area is 244 Å². The summed E-state index contributed by atoms with van der Waals surface area (Å²) in [5, 5.41) is 8.17. The third kappa shape index (κ3) is 5.55. The number of halogens is 1. The summed E-state index contributed by atoms with van der Waals surface area (Å²) in [7, 11) is 0. The molecule has 2 aromatic heterocycles. The molecule has 3 aromatic rings. The second-order valence-corrected chi connectivity index (χ2v) is 13.3. The molecule has 0 spiro atoms. The number of carbonyl (C=O) groups excluding carboxylic acids is 1. The summed E-state index contributed by atoms with van der Waals surface area (Å²) in [6.45, 7) is 14.5. The lowest BCUT2D eigenvalue weighted by Crippen LogP contribution is -2.62. The van der Waals surface area contributed by atoms with E-state index >= 15 is 0 Å². The molecule has 0 aliphatic carbocycles. The Morgan fingerprint density at radius 1 is 1.24 bits per heavy atom. The van der Waals surface area contributed by atoms with Gasteiger partial charge in [-0.3, -0.25) is 14.6 Å². The number of carbonyl (C=O) groups is 1. The number of nitrogen functional groups attached to an aromatic ring is 1. The predicted molar refractivity (Wildman–Crippen MR) is 158 cm³/mol. The van der Waals surface area contributed by atoms with Gasteiger partial charge in [-0.05, 0) is 38.1 Å². The fourth-order valence-electron chi connectivity index (χ4n) is 6.33. The number of anilines is 2. The van der Waals surface area contributed by atoms with Gasteiger partial charge in [0.05, 0.1) is 36.0 Å². The monoisotopic (exact) mass is 582 g/mol. The number of fused-ring (bicyclic) bond motifs is 3. The fourth-order valence-corrected chi connectivity index (χ4v) is 7.28. The minimum atomic E-state index is -0.379. The highest BCUT2D eigenvalue weighted by Crippen LogP contribution is 2.45. The number of benzene rings is 1. The summed E-state index contributed by atoms with van der Waals surface area (Å²) in [6.07, 6.45) is 1.54. The number of nitrogens with two attached hydrogens (primary N) is 1. The van der Waals surface area contributed by atoms with Crippen molar-refractivity contribution in [2.75, 3.05) is 63.1 Å². The third-order valence-electron chi connectivity index (χ3n) is 8.48. The molecule has 3 aliphatic rings. The number of ether oxygens (including phenoxy) is 1. The maximum Gasteiger partial charge on any atom is 0.241 e. The zero-order valence-corrected chi connectivity index (χ0v) is 25.0. The molecule has 2 saturated heterocycles. The van der Waals surface area contributed by atoms with E-state index in [2.05, 4.69) is 52.9 Å². The molecule has 220 valence electrons. The van der Waals surface area contributed by atoms with Crippen LogP contribution in [0.15, 0.2) is 40.4 Å². The van der Waals surface area contributed by atoms with Crippen LogP contribution < -0.4 is 16.0 Å². The van der Waals surface area contributed by atoms with Gasteiger partial charge in [-0.15, -0.1) is 0 Å². The molecular weight excluding hydrogens is 543 g/mol. The molecule has 3 N–H and O–H groups in total. The van der Waals surface area contributed by atoms with Gasteiger partial charge in [-0.2, -0.15) is 5.10 Å². The van der Waals surface area contributed by atoms with E-state index in [9.17, 15) is 9.18 Å². The van der Waals surface area contributed by atoms with E-state index < -0.39 is 0 Å². The van der Waals surface area contributed by atoms with E-state index in [1.807, 2.05) is 15.5 Å². The van der Waals surface area contributed by atoms with E-state index in [1.165, 1.54) is 30.2 Å². The summed E-state index contributed by atoms with van der Waals surface area (Å²) >= 11 is 1.41. The van der Waals surface area contributed by atoms with E-state index in [1.54, 1.807) is 6.07 Å². The zero-order chi connectivity index (χ0) is 28.9. The number of morpholine rings is 1. The van der Waals surface area contributed by atoms with Crippen molar-refractivity contribution in [1.29, 1.82) is 0 Å². The van der Waals surface area contributed by atoms with Gasteiger partial charge in [0.15, 0.2) is 5.65 Å². The highest BCUT2D eigenvalue weighted by atomic mass is 32.2. The average molecular weight is 583 g/mol. The first-order valence-electron chi connectivity index (χ1n) is 14.3. The Morgan fingerprint density at radius 2 is 2.07 bits per heavy atom. The third-order valence-corrected chi connectivity index (χ3v) is 9.60. The lowest BCUT2D eigenvalue weighted by Gasteiger charge is -2.43. The molecule has 0 saturated carbocycles. The first-order chi connectivity index (χ1) is 19.6. The number of nitrogens with zero attached hydrogens (tertiary/aromatic N) is 6. The van der Waals surface area contributed by atoms with Gasteiger partial charge in [-0.25, -0.2) is 13.9 Å². The van der Waals surface area contributed by atoms with E-state index in [-0.39, 0.29) is 23.2 Å². The fraction of sp³-hybridized carbons (Fsp3) is 0.552. The maximum atomic E-state index is 14.1. The van der Waals surface area contributed by atoms with Crippen molar-refractivity contribution in [2.24, 2.45) is 0 Å². The lowest BCUT2D eigenvalue weighted by molar-refractivity contribution is -0.121. The molecule has 0 bridgehead atoms. The molecular formula is C29H39FN8O2S. The minimum Gasteiger partial charge on any atom is -0.398 e. The number of nitrogens with one attached hydrogen (secondary N) is 1. The number of hydrogen-bond acceptors (Lipinski definition) is 9. The second kappa shape index (κ2) is 11.1. The first-order valence-corrected chi connectivity index (χ1v) is 15.1. The predicted octanol–water partition coefficient (Wildman–Crippen LogP) is 2.61. The van der Waals surface area contributed by atoms with Crippen molar-refractivity contribution < 1.29 is 13.9 Å². The van der Waals surface area contributed by atoms with Crippen molar-refractivity contribution in [3.63, 3.8) is 0 Å². The van der Waals surface area contributed by atoms with Gasteiger partial charge in [-0.1, -0.05) is 25.6 Å². The van der Waals surface area contributed by atoms with Crippen molar-refractivity contribution in [3.8, 4) is 0 Å². The van der Waals surface area contributed by atoms with Gasteiger partial charge in [0.25, 0.3) is 0 Å².